The maximum atomic E-state index is 5.21. The minimum absolute atomic E-state index is 0.568. The molecule has 2 aliphatic rings. The van der Waals surface area contributed by atoms with Crippen molar-refractivity contribution in [1.29, 1.82) is 0 Å². The second-order valence-electron chi connectivity index (χ2n) is 3.69. The van der Waals surface area contributed by atoms with E-state index < -0.39 is 0 Å². The molecule has 2 aliphatic heterocycles. The first-order valence-corrected chi connectivity index (χ1v) is 4.95. The molecule has 1 atom stereocenters. The first kappa shape index (κ1) is 8.48. The molecule has 2 fully saturated rings. The Balaban J connectivity index is 1.66. The number of hydrogen-bond donors (Lipinski definition) is 0. The van der Waals surface area contributed by atoms with Gasteiger partial charge in [-0.2, -0.15) is 0 Å². The van der Waals surface area contributed by atoms with Crippen molar-refractivity contribution >= 4 is 0 Å². The van der Waals surface area contributed by atoms with Crippen molar-refractivity contribution in [3.05, 3.63) is 0 Å². The van der Waals surface area contributed by atoms with Crippen LogP contribution in [0.4, 0.5) is 0 Å². The normalized spacial score (nSPS) is 32.2. The van der Waals surface area contributed by atoms with E-state index in [2.05, 4.69) is 16.7 Å². The van der Waals surface area contributed by atoms with Crippen molar-refractivity contribution in [2.45, 2.75) is 13.0 Å². The van der Waals surface area contributed by atoms with Crippen LogP contribution < -0.4 is 0 Å². The molecule has 0 aromatic heterocycles. The largest absolute Gasteiger partial charge is 0.372 e. The van der Waals surface area contributed by atoms with Gasteiger partial charge < -0.3 is 9.64 Å². The minimum atomic E-state index is 0.568. The summed E-state index contributed by atoms with van der Waals surface area (Å²) in [5.74, 6) is 0. The molecule has 0 spiro atoms. The molecule has 0 aromatic carbocycles. The monoisotopic (exact) mass is 170 g/mol. The average molecular weight is 170 g/mol. The molecule has 3 nitrogen and oxygen atoms in total. The SMILES string of the molecule is CCN1CCN(C[C@H]2CO2)CC1. The van der Waals surface area contributed by atoms with Crippen LogP contribution in [-0.4, -0.2) is 61.8 Å². The molecular formula is C9H18N2O. The third-order valence-electron chi connectivity index (χ3n) is 2.78. The van der Waals surface area contributed by atoms with Crippen molar-refractivity contribution in [2.24, 2.45) is 0 Å². The first-order valence-electron chi connectivity index (χ1n) is 4.95. The molecule has 0 radical (unpaired) electrons. The zero-order chi connectivity index (χ0) is 8.39. The summed E-state index contributed by atoms with van der Waals surface area (Å²) in [7, 11) is 0. The van der Waals surface area contributed by atoms with Crippen LogP contribution in [0, 0.1) is 0 Å². The van der Waals surface area contributed by atoms with Crippen LogP contribution in [0.25, 0.3) is 0 Å². The van der Waals surface area contributed by atoms with Crippen molar-refractivity contribution in [2.75, 3.05) is 45.9 Å². The van der Waals surface area contributed by atoms with Gasteiger partial charge in [-0.05, 0) is 6.54 Å². The van der Waals surface area contributed by atoms with Gasteiger partial charge in [-0.3, -0.25) is 4.90 Å². The number of ether oxygens (including phenoxy) is 1. The molecule has 2 heterocycles. The third kappa shape index (κ3) is 2.19. The van der Waals surface area contributed by atoms with Crippen LogP contribution in [0.15, 0.2) is 0 Å². The van der Waals surface area contributed by atoms with Crippen molar-refractivity contribution in [3.8, 4) is 0 Å². The summed E-state index contributed by atoms with van der Waals surface area (Å²) in [6, 6.07) is 0. The van der Waals surface area contributed by atoms with Gasteiger partial charge in [0.15, 0.2) is 0 Å². The maximum absolute atomic E-state index is 5.21. The van der Waals surface area contributed by atoms with Crippen molar-refractivity contribution in [3.63, 3.8) is 0 Å². The molecule has 0 aromatic rings. The summed E-state index contributed by atoms with van der Waals surface area (Å²) < 4.78 is 5.21. The van der Waals surface area contributed by atoms with E-state index >= 15 is 0 Å². The van der Waals surface area contributed by atoms with E-state index in [4.69, 9.17) is 4.74 Å². The predicted molar refractivity (Wildman–Crippen MR) is 48.3 cm³/mol. The lowest BCUT2D eigenvalue weighted by Gasteiger charge is -2.33. The Hall–Kier alpha value is -0.120. The van der Waals surface area contributed by atoms with Gasteiger partial charge in [0.05, 0.1) is 12.7 Å². The van der Waals surface area contributed by atoms with E-state index in [0.717, 1.165) is 13.2 Å². The number of piperazine rings is 1. The molecule has 2 saturated heterocycles. The molecule has 70 valence electrons. The predicted octanol–water partition coefficient (Wildman–Crippen LogP) is 0.0227. The molecule has 2 rings (SSSR count). The van der Waals surface area contributed by atoms with E-state index in [1.165, 1.54) is 32.7 Å². The van der Waals surface area contributed by atoms with Crippen LogP contribution >= 0.6 is 0 Å². The Bertz CT molecular complexity index is 139. The Labute approximate surface area is 74.3 Å². The van der Waals surface area contributed by atoms with Gasteiger partial charge in [-0.1, -0.05) is 6.92 Å². The molecule has 3 heteroatoms. The van der Waals surface area contributed by atoms with Crippen LogP contribution in [0.5, 0.6) is 0 Å². The lowest BCUT2D eigenvalue weighted by Crippen LogP contribution is -2.47. The molecule has 0 saturated carbocycles. The fourth-order valence-corrected chi connectivity index (χ4v) is 1.75. The first-order chi connectivity index (χ1) is 5.88. The number of epoxide rings is 1. The van der Waals surface area contributed by atoms with E-state index in [1.54, 1.807) is 0 Å². The van der Waals surface area contributed by atoms with E-state index in [1.807, 2.05) is 0 Å². The summed E-state index contributed by atoms with van der Waals surface area (Å²) in [5.41, 5.74) is 0. The van der Waals surface area contributed by atoms with Crippen LogP contribution in [0.2, 0.25) is 0 Å². The third-order valence-corrected chi connectivity index (χ3v) is 2.78. The van der Waals surface area contributed by atoms with Gasteiger partial charge >= 0.3 is 0 Å². The van der Waals surface area contributed by atoms with E-state index in [9.17, 15) is 0 Å². The summed E-state index contributed by atoms with van der Waals surface area (Å²) in [5, 5.41) is 0. The zero-order valence-electron chi connectivity index (χ0n) is 7.83. The van der Waals surface area contributed by atoms with E-state index in [0.29, 0.717) is 6.10 Å². The minimum Gasteiger partial charge on any atom is -0.372 e. The fourth-order valence-electron chi connectivity index (χ4n) is 1.75. The van der Waals surface area contributed by atoms with Gasteiger partial charge in [0.25, 0.3) is 0 Å². The number of nitrogens with zero attached hydrogens (tertiary/aromatic N) is 2. The molecule has 0 aliphatic carbocycles. The van der Waals surface area contributed by atoms with Crippen LogP contribution in [-0.2, 0) is 4.74 Å². The lowest BCUT2D eigenvalue weighted by molar-refractivity contribution is 0.129. The summed E-state index contributed by atoms with van der Waals surface area (Å²) in [6.45, 7) is 10.5. The Morgan fingerprint density at radius 3 is 2.25 bits per heavy atom. The lowest BCUT2D eigenvalue weighted by atomic mass is 10.3. The molecule has 0 bridgehead atoms. The van der Waals surface area contributed by atoms with Crippen molar-refractivity contribution in [1.82, 2.24) is 9.80 Å². The van der Waals surface area contributed by atoms with Crippen LogP contribution in [0.1, 0.15) is 6.92 Å². The van der Waals surface area contributed by atoms with Gasteiger partial charge in [0.1, 0.15) is 0 Å². The highest BCUT2D eigenvalue weighted by atomic mass is 16.6. The highest BCUT2D eigenvalue weighted by Gasteiger charge is 2.26. The molecular weight excluding hydrogens is 152 g/mol. The quantitative estimate of drug-likeness (QED) is 0.557. The van der Waals surface area contributed by atoms with Crippen LogP contribution in [0.3, 0.4) is 0 Å². The summed E-state index contributed by atoms with van der Waals surface area (Å²) in [4.78, 5) is 5.02. The van der Waals surface area contributed by atoms with Gasteiger partial charge in [0, 0.05) is 32.7 Å². The molecule has 0 unspecified atom stereocenters. The Kier molecular flexibility index (Phi) is 2.63. The Morgan fingerprint density at radius 2 is 1.75 bits per heavy atom. The van der Waals surface area contributed by atoms with Gasteiger partial charge in [-0.15, -0.1) is 0 Å². The standard InChI is InChI=1S/C9H18N2O/c1-2-10-3-5-11(6-4-10)7-9-8-12-9/h9H,2-8H2,1H3/t9-/m0/s1. The fraction of sp³-hybridized carbons (Fsp3) is 1.00. The highest BCUT2D eigenvalue weighted by Crippen LogP contribution is 2.12. The maximum Gasteiger partial charge on any atom is 0.0936 e. The zero-order valence-corrected chi connectivity index (χ0v) is 7.83. The van der Waals surface area contributed by atoms with Gasteiger partial charge in [-0.25, -0.2) is 0 Å². The average Bonchev–Trinajstić information content (AvgIpc) is 2.90. The molecule has 0 N–H and O–H groups in total. The smallest absolute Gasteiger partial charge is 0.0936 e. The number of rotatable bonds is 3. The molecule has 0 amide bonds. The number of likely N-dealkylation sites (N-methyl/N-ethyl adjacent to an activating group) is 1. The summed E-state index contributed by atoms with van der Waals surface area (Å²) >= 11 is 0. The second-order valence-corrected chi connectivity index (χ2v) is 3.69. The second kappa shape index (κ2) is 3.73. The van der Waals surface area contributed by atoms with Gasteiger partial charge in [0.2, 0.25) is 0 Å². The topological polar surface area (TPSA) is 19.0 Å². The Morgan fingerprint density at radius 1 is 1.17 bits per heavy atom. The van der Waals surface area contributed by atoms with Crippen molar-refractivity contribution < 1.29 is 4.74 Å². The highest BCUT2D eigenvalue weighted by molar-refractivity contribution is 4.78. The van der Waals surface area contributed by atoms with E-state index in [-0.39, 0.29) is 0 Å². The molecule has 12 heavy (non-hydrogen) atoms. The summed E-state index contributed by atoms with van der Waals surface area (Å²) in [6.07, 6.45) is 0.568. The number of hydrogen-bond acceptors (Lipinski definition) is 3.